The largest absolute Gasteiger partial charge is 0.478 e. The zero-order valence-electron chi connectivity index (χ0n) is 14.6. The molecule has 1 heterocycles. The first kappa shape index (κ1) is 17.4. The maximum atomic E-state index is 11.7. The van der Waals surface area contributed by atoms with Crippen molar-refractivity contribution in [2.75, 3.05) is 0 Å². The van der Waals surface area contributed by atoms with E-state index in [4.69, 9.17) is 9.83 Å². The van der Waals surface area contributed by atoms with Gasteiger partial charge in [0.2, 0.25) is 0 Å². The number of aromatic carboxylic acids is 1. The summed E-state index contributed by atoms with van der Waals surface area (Å²) >= 11 is 0. The lowest BCUT2D eigenvalue weighted by Gasteiger charge is -2.16. The molecule has 4 nitrogen and oxygen atoms in total. The number of hydrogen-bond acceptors (Lipinski definition) is 3. The number of fused-ring (bicyclic) bond motifs is 2. The number of benzene rings is 3. The Morgan fingerprint density at radius 2 is 1.62 bits per heavy atom. The van der Waals surface area contributed by atoms with E-state index in [0.717, 1.165) is 16.5 Å². The van der Waals surface area contributed by atoms with Crippen LogP contribution in [0, 0.1) is 5.41 Å². The number of carboxylic acids is 1. The Bertz CT molecular complexity index is 1110. The van der Waals surface area contributed by atoms with Crippen LogP contribution in [0.25, 0.3) is 33.4 Å². The Hall–Kier alpha value is -3.40. The van der Waals surface area contributed by atoms with Gasteiger partial charge in [0.25, 0.3) is 0 Å². The minimum Gasteiger partial charge on any atom is -0.478 e. The molecule has 1 aliphatic carbocycles. The molecule has 2 N–H and O–H groups in total. The van der Waals surface area contributed by atoms with E-state index in [1.54, 1.807) is 30.3 Å². The third-order valence-electron chi connectivity index (χ3n) is 4.05. The summed E-state index contributed by atoms with van der Waals surface area (Å²) in [5.74, 6) is -0.405. The summed E-state index contributed by atoms with van der Waals surface area (Å²) in [7, 11) is 0. The molecule has 2 aliphatic rings. The van der Waals surface area contributed by atoms with E-state index < -0.39 is 5.97 Å². The van der Waals surface area contributed by atoms with Crippen molar-refractivity contribution in [2.45, 2.75) is 13.8 Å². The molecule has 2 aromatic carbocycles. The minimum atomic E-state index is -0.972. The van der Waals surface area contributed by atoms with Crippen molar-refractivity contribution >= 4 is 16.9 Å². The molecule has 0 saturated carbocycles. The Morgan fingerprint density at radius 3 is 2.38 bits per heavy atom. The van der Waals surface area contributed by atoms with Crippen molar-refractivity contribution in [1.29, 1.82) is 5.41 Å². The highest BCUT2D eigenvalue weighted by Gasteiger charge is 2.20. The molecular weight excluding hydrogens is 326 g/mol. The van der Waals surface area contributed by atoms with Gasteiger partial charge in [0.15, 0.2) is 0 Å². The van der Waals surface area contributed by atoms with E-state index in [9.17, 15) is 9.90 Å². The smallest absolute Gasteiger partial charge is 0.336 e. The highest BCUT2D eigenvalue weighted by atomic mass is 16.4. The van der Waals surface area contributed by atoms with Crippen molar-refractivity contribution in [3.63, 3.8) is 0 Å². The van der Waals surface area contributed by atoms with Crippen molar-refractivity contribution in [3.05, 3.63) is 77.7 Å². The Morgan fingerprint density at radius 1 is 0.923 bits per heavy atom. The Balaban J connectivity index is 0.000000948. The topological polar surface area (TPSA) is 74.3 Å². The highest BCUT2D eigenvalue weighted by Crippen LogP contribution is 2.40. The standard InChI is InChI=1S/C20H13NO3.C2H6/c21-12-9-10-16-18(11-12)24-17-8-4-3-7-15(17)19(16)13-5-1-2-6-14(13)20(22)23;1-2/h1-11,21H,(H,22,23);1-2H3. The Labute approximate surface area is 151 Å². The van der Waals surface area contributed by atoms with Gasteiger partial charge in [0.05, 0.1) is 10.9 Å². The van der Waals surface area contributed by atoms with Crippen LogP contribution in [0.3, 0.4) is 0 Å². The predicted octanol–water partition coefficient (Wildman–Crippen LogP) is 5.41. The van der Waals surface area contributed by atoms with Gasteiger partial charge in [0, 0.05) is 22.6 Å². The first-order chi connectivity index (χ1) is 12.6. The fourth-order valence-electron chi connectivity index (χ4n) is 3.02. The third kappa shape index (κ3) is 2.97. The van der Waals surface area contributed by atoms with E-state index in [2.05, 4.69) is 0 Å². The maximum Gasteiger partial charge on any atom is 0.336 e. The van der Waals surface area contributed by atoms with Crippen LogP contribution in [0.1, 0.15) is 24.2 Å². The molecule has 4 heteroatoms. The van der Waals surface area contributed by atoms with Gasteiger partial charge in [-0.3, -0.25) is 0 Å². The molecule has 130 valence electrons. The molecular formula is C22H19NO3. The molecule has 0 aromatic heterocycles. The normalized spacial score (nSPS) is 10.4. The summed E-state index contributed by atoms with van der Waals surface area (Å²) in [6, 6.07) is 19.6. The molecule has 2 aromatic rings. The van der Waals surface area contributed by atoms with Crippen LogP contribution in [0.15, 0.2) is 71.1 Å². The summed E-state index contributed by atoms with van der Waals surface area (Å²) in [5, 5.41) is 18.6. The molecule has 0 atom stereocenters. The van der Waals surface area contributed by atoms with Crippen LogP contribution in [-0.2, 0) is 0 Å². The van der Waals surface area contributed by atoms with E-state index in [1.165, 1.54) is 0 Å². The van der Waals surface area contributed by atoms with E-state index in [-0.39, 0.29) is 5.56 Å². The van der Waals surface area contributed by atoms with E-state index in [1.807, 2.05) is 50.2 Å². The molecule has 0 unspecified atom stereocenters. The quantitative estimate of drug-likeness (QED) is 0.477. The molecule has 0 radical (unpaired) electrons. The lowest BCUT2D eigenvalue weighted by molar-refractivity contribution is 0.0697. The van der Waals surface area contributed by atoms with Gasteiger partial charge in [-0.15, -0.1) is 0 Å². The first-order valence-electron chi connectivity index (χ1n) is 8.48. The second kappa shape index (κ2) is 7.23. The van der Waals surface area contributed by atoms with Crippen molar-refractivity contribution in [3.8, 4) is 22.5 Å². The van der Waals surface area contributed by atoms with Crippen LogP contribution in [0.4, 0.5) is 0 Å². The number of nitrogens with one attached hydrogen (secondary N) is 1. The van der Waals surface area contributed by atoms with Crippen molar-refractivity contribution in [1.82, 2.24) is 0 Å². The molecule has 1 aliphatic heterocycles. The van der Waals surface area contributed by atoms with Gasteiger partial charge in [-0.1, -0.05) is 50.2 Å². The van der Waals surface area contributed by atoms with Crippen molar-refractivity contribution < 1.29 is 14.3 Å². The summed E-state index contributed by atoms with van der Waals surface area (Å²) in [6.45, 7) is 4.00. The molecule has 0 bridgehead atoms. The van der Waals surface area contributed by atoms with Crippen LogP contribution in [0.5, 0.6) is 0 Å². The number of para-hydroxylation sites is 1. The van der Waals surface area contributed by atoms with Gasteiger partial charge < -0.3 is 14.9 Å². The van der Waals surface area contributed by atoms with Crippen molar-refractivity contribution in [2.24, 2.45) is 0 Å². The fraction of sp³-hybridized carbons (Fsp3) is 0.0909. The molecule has 0 spiro atoms. The van der Waals surface area contributed by atoms with Gasteiger partial charge in [-0.2, -0.15) is 0 Å². The summed E-state index contributed by atoms with van der Waals surface area (Å²) in [6.07, 6.45) is 0. The van der Waals surface area contributed by atoms with Gasteiger partial charge >= 0.3 is 5.97 Å². The SMILES string of the molecule is CC.N=c1ccc2c(-c3ccccc3C(=O)O)c3ccccc3oc-2c1. The summed E-state index contributed by atoms with van der Waals surface area (Å²) < 4.78 is 5.92. The van der Waals surface area contributed by atoms with E-state index >= 15 is 0 Å². The molecule has 0 fully saturated rings. The minimum absolute atomic E-state index is 0.241. The lowest BCUT2D eigenvalue weighted by atomic mass is 9.91. The van der Waals surface area contributed by atoms with Crippen LogP contribution in [0.2, 0.25) is 0 Å². The Kier molecular flexibility index (Phi) is 4.85. The van der Waals surface area contributed by atoms with Gasteiger partial charge in [-0.25, -0.2) is 4.79 Å². The zero-order valence-corrected chi connectivity index (χ0v) is 14.6. The zero-order chi connectivity index (χ0) is 18.7. The lowest BCUT2D eigenvalue weighted by Crippen LogP contribution is -2.03. The maximum absolute atomic E-state index is 11.7. The number of rotatable bonds is 2. The molecule has 0 saturated heterocycles. The summed E-state index contributed by atoms with van der Waals surface area (Å²) in [5.41, 5.74) is 3.14. The average molecular weight is 345 g/mol. The van der Waals surface area contributed by atoms with Crippen LogP contribution >= 0.6 is 0 Å². The summed E-state index contributed by atoms with van der Waals surface area (Å²) in [4.78, 5) is 11.7. The van der Waals surface area contributed by atoms with Crippen LogP contribution in [-0.4, -0.2) is 11.1 Å². The predicted molar refractivity (Wildman–Crippen MR) is 102 cm³/mol. The number of carbonyl (C=O) groups is 1. The molecule has 4 rings (SSSR count). The number of carboxylic acid groups (broad SMARTS) is 1. The van der Waals surface area contributed by atoms with Gasteiger partial charge in [-0.05, 0) is 29.8 Å². The number of hydrogen-bond donors (Lipinski definition) is 2. The average Bonchev–Trinajstić information content (AvgIpc) is 2.67. The van der Waals surface area contributed by atoms with E-state index in [0.29, 0.717) is 22.3 Å². The monoisotopic (exact) mass is 345 g/mol. The molecule has 0 amide bonds. The molecule has 26 heavy (non-hydrogen) atoms. The highest BCUT2D eigenvalue weighted by molar-refractivity contribution is 6.07. The van der Waals surface area contributed by atoms with Gasteiger partial charge in [0.1, 0.15) is 11.3 Å². The first-order valence-corrected chi connectivity index (χ1v) is 8.48. The second-order valence-electron chi connectivity index (χ2n) is 5.53. The second-order valence-corrected chi connectivity index (χ2v) is 5.53. The third-order valence-corrected chi connectivity index (χ3v) is 4.05. The van der Waals surface area contributed by atoms with Crippen LogP contribution < -0.4 is 5.36 Å². The fourth-order valence-corrected chi connectivity index (χ4v) is 3.02.